The van der Waals surface area contributed by atoms with Crippen LogP contribution in [0.25, 0.3) is 0 Å². The van der Waals surface area contributed by atoms with Crippen molar-refractivity contribution in [3.8, 4) is 0 Å². The van der Waals surface area contributed by atoms with Crippen molar-refractivity contribution in [2.45, 2.75) is 32.7 Å². The molecule has 114 valence electrons. The zero-order valence-electron chi connectivity index (χ0n) is 12.9. The molecular weight excluding hydrogens is 350 g/mol. The minimum absolute atomic E-state index is 0.208. The number of halogens is 2. The second-order valence-electron chi connectivity index (χ2n) is 5.23. The Morgan fingerprint density at radius 3 is 2.71 bits per heavy atom. The molecule has 0 aliphatic rings. The van der Waals surface area contributed by atoms with Crippen LogP contribution in [-0.2, 0) is 19.9 Å². The highest BCUT2D eigenvalue weighted by atomic mass is 79.9. The summed E-state index contributed by atoms with van der Waals surface area (Å²) in [5.74, 6) is 0. The second kappa shape index (κ2) is 6.95. The van der Waals surface area contributed by atoms with Crippen LogP contribution in [0.3, 0.4) is 0 Å². The third kappa shape index (κ3) is 3.50. The lowest BCUT2D eigenvalue weighted by Gasteiger charge is -2.19. The molecule has 1 aromatic carbocycles. The maximum absolute atomic E-state index is 6.47. The number of aromatic nitrogens is 2. The van der Waals surface area contributed by atoms with Gasteiger partial charge in [-0.25, -0.2) is 0 Å². The van der Waals surface area contributed by atoms with Crippen LogP contribution in [0.4, 0.5) is 0 Å². The van der Waals surface area contributed by atoms with E-state index in [9.17, 15) is 0 Å². The Bertz CT molecular complexity index is 637. The van der Waals surface area contributed by atoms with Crippen LogP contribution in [0.15, 0.2) is 22.7 Å². The third-order valence-electron chi connectivity index (χ3n) is 3.87. The number of nitrogens with zero attached hydrogens (tertiary/aromatic N) is 2. The van der Waals surface area contributed by atoms with Crippen molar-refractivity contribution in [3.63, 3.8) is 0 Å². The van der Waals surface area contributed by atoms with Crippen LogP contribution in [-0.4, -0.2) is 16.8 Å². The summed E-state index contributed by atoms with van der Waals surface area (Å²) in [6.07, 6.45) is 1.67. The van der Waals surface area contributed by atoms with Crippen LogP contribution in [0, 0.1) is 6.92 Å². The van der Waals surface area contributed by atoms with E-state index in [4.69, 9.17) is 11.6 Å². The first-order chi connectivity index (χ1) is 9.97. The molecule has 1 unspecified atom stereocenters. The minimum Gasteiger partial charge on any atom is -0.313 e. The van der Waals surface area contributed by atoms with Crippen molar-refractivity contribution in [1.29, 1.82) is 0 Å². The highest BCUT2D eigenvalue weighted by Crippen LogP contribution is 2.29. The van der Waals surface area contributed by atoms with Crippen LogP contribution >= 0.6 is 27.5 Å². The van der Waals surface area contributed by atoms with E-state index in [0.717, 1.165) is 33.7 Å². The van der Waals surface area contributed by atoms with Crippen LogP contribution in [0.2, 0.25) is 5.02 Å². The molecule has 0 aliphatic heterocycles. The Morgan fingerprint density at radius 1 is 1.43 bits per heavy atom. The van der Waals surface area contributed by atoms with E-state index in [-0.39, 0.29) is 6.04 Å². The van der Waals surface area contributed by atoms with Crippen LogP contribution < -0.4 is 5.32 Å². The highest BCUT2D eigenvalue weighted by Gasteiger charge is 2.19. The molecule has 1 atom stereocenters. The molecule has 0 aliphatic carbocycles. The molecule has 3 nitrogen and oxygen atoms in total. The number of rotatable bonds is 5. The maximum Gasteiger partial charge on any atom is 0.0850 e. The molecule has 5 heteroatoms. The molecule has 1 N–H and O–H groups in total. The lowest BCUT2D eigenvalue weighted by atomic mass is 9.97. The van der Waals surface area contributed by atoms with Gasteiger partial charge in [0.1, 0.15) is 0 Å². The van der Waals surface area contributed by atoms with Crippen LogP contribution in [0.5, 0.6) is 0 Å². The van der Waals surface area contributed by atoms with E-state index in [0.29, 0.717) is 0 Å². The average Bonchev–Trinajstić information content (AvgIpc) is 2.74. The summed E-state index contributed by atoms with van der Waals surface area (Å²) >= 11 is 10.0. The third-order valence-corrected chi connectivity index (χ3v) is 4.80. The summed E-state index contributed by atoms with van der Waals surface area (Å²) in [6.45, 7) is 4.21. The summed E-state index contributed by atoms with van der Waals surface area (Å²) in [6, 6.07) is 6.57. The Morgan fingerprint density at radius 2 is 2.14 bits per heavy atom. The van der Waals surface area contributed by atoms with Gasteiger partial charge in [0.2, 0.25) is 0 Å². The van der Waals surface area contributed by atoms with Gasteiger partial charge in [0, 0.05) is 24.0 Å². The minimum atomic E-state index is 0.208. The summed E-state index contributed by atoms with van der Waals surface area (Å²) in [5, 5.41) is 8.69. The molecule has 2 rings (SSSR count). The van der Waals surface area contributed by atoms with E-state index in [2.05, 4.69) is 58.4 Å². The summed E-state index contributed by atoms with van der Waals surface area (Å²) < 4.78 is 2.99. The summed E-state index contributed by atoms with van der Waals surface area (Å²) in [7, 11) is 3.94. The van der Waals surface area contributed by atoms with Crippen LogP contribution in [0.1, 0.15) is 35.5 Å². The van der Waals surface area contributed by atoms with Gasteiger partial charge in [-0.2, -0.15) is 5.10 Å². The molecule has 2 aromatic rings. The zero-order chi connectivity index (χ0) is 15.6. The van der Waals surface area contributed by atoms with Gasteiger partial charge in [-0.15, -0.1) is 0 Å². The first kappa shape index (κ1) is 16.5. The fourth-order valence-corrected chi connectivity index (χ4v) is 3.34. The first-order valence-electron chi connectivity index (χ1n) is 7.11. The molecule has 0 saturated carbocycles. The molecule has 0 saturated heterocycles. The number of hydrogen-bond donors (Lipinski definition) is 1. The van der Waals surface area contributed by atoms with Crippen molar-refractivity contribution < 1.29 is 0 Å². The monoisotopic (exact) mass is 369 g/mol. The van der Waals surface area contributed by atoms with E-state index in [1.807, 2.05) is 18.8 Å². The van der Waals surface area contributed by atoms with Crippen molar-refractivity contribution in [2.24, 2.45) is 7.05 Å². The lowest BCUT2D eigenvalue weighted by molar-refractivity contribution is 0.558. The van der Waals surface area contributed by atoms with Gasteiger partial charge >= 0.3 is 0 Å². The normalized spacial score (nSPS) is 12.7. The van der Waals surface area contributed by atoms with Crippen molar-refractivity contribution in [3.05, 3.63) is 50.2 Å². The zero-order valence-corrected chi connectivity index (χ0v) is 15.2. The smallest absolute Gasteiger partial charge is 0.0850 e. The molecule has 0 radical (unpaired) electrons. The number of aryl methyl sites for hydroxylation is 3. The Balaban J connectivity index is 2.36. The van der Waals surface area contributed by atoms with Gasteiger partial charge in [-0.05, 0) is 43.7 Å². The van der Waals surface area contributed by atoms with Crippen molar-refractivity contribution in [1.82, 2.24) is 15.1 Å². The maximum atomic E-state index is 6.47. The SMILES string of the molecule is CCc1nn(C)c(CC(NC)c2cc(Br)ccc2C)c1Cl. The van der Waals surface area contributed by atoms with Gasteiger partial charge in [0.15, 0.2) is 0 Å². The number of benzene rings is 1. The highest BCUT2D eigenvalue weighted by molar-refractivity contribution is 9.10. The van der Waals surface area contributed by atoms with Gasteiger partial charge in [0.05, 0.1) is 16.4 Å². The predicted octanol–water partition coefficient (Wildman–Crippen LogP) is 4.21. The molecular formula is C16H21BrClN3. The second-order valence-corrected chi connectivity index (χ2v) is 6.52. The first-order valence-corrected chi connectivity index (χ1v) is 8.28. The molecule has 0 bridgehead atoms. The average molecular weight is 371 g/mol. The van der Waals surface area contributed by atoms with Gasteiger partial charge in [0.25, 0.3) is 0 Å². The Labute approximate surface area is 139 Å². The van der Waals surface area contributed by atoms with Gasteiger partial charge < -0.3 is 5.32 Å². The fraction of sp³-hybridized carbons (Fsp3) is 0.438. The predicted molar refractivity (Wildman–Crippen MR) is 92.0 cm³/mol. The van der Waals surface area contributed by atoms with Gasteiger partial charge in [-0.3, -0.25) is 4.68 Å². The van der Waals surface area contributed by atoms with Gasteiger partial charge in [-0.1, -0.05) is 40.5 Å². The largest absolute Gasteiger partial charge is 0.313 e. The lowest BCUT2D eigenvalue weighted by Crippen LogP contribution is -2.21. The quantitative estimate of drug-likeness (QED) is 0.854. The molecule has 0 spiro atoms. The molecule has 0 fully saturated rings. The number of hydrogen-bond acceptors (Lipinski definition) is 2. The number of nitrogens with one attached hydrogen (secondary N) is 1. The Hall–Kier alpha value is -0.840. The summed E-state index contributed by atoms with van der Waals surface area (Å²) in [5.41, 5.74) is 4.59. The van der Waals surface area contributed by atoms with Crippen molar-refractivity contribution >= 4 is 27.5 Å². The Kier molecular flexibility index (Phi) is 5.47. The van der Waals surface area contributed by atoms with Crippen molar-refractivity contribution in [2.75, 3.05) is 7.05 Å². The molecule has 1 aromatic heterocycles. The van der Waals surface area contributed by atoms with E-state index in [1.54, 1.807) is 0 Å². The van der Waals surface area contributed by atoms with E-state index >= 15 is 0 Å². The summed E-state index contributed by atoms with van der Waals surface area (Å²) in [4.78, 5) is 0. The fourth-order valence-electron chi connectivity index (χ4n) is 2.59. The topological polar surface area (TPSA) is 29.9 Å². The van der Waals surface area contributed by atoms with E-state index < -0.39 is 0 Å². The molecule has 21 heavy (non-hydrogen) atoms. The standard InChI is InChI=1S/C16H21BrClN3/c1-5-13-16(18)15(21(4)20-13)9-14(19-3)12-8-11(17)7-6-10(12)2/h6-8,14,19H,5,9H2,1-4H3. The molecule has 0 amide bonds. The number of likely N-dealkylation sites (N-methyl/N-ethyl adjacent to an activating group) is 1. The van der Waals surface area contributed by atoms with E-state index in [1.165, 1.54) is 11.1 Å². The molecule has 1 heterocycles.